The molecule has 0 radical (unpaired) electrons. The Morgan fingerprint density at radius 3 is 2.05 bits per heavy atom. The first kappa shape index (κ1) is 16.4. The number of hydrogen-bond acceptors (Lipinski definition) is 4. The van der Waals surface area contributed by atoms with Gasteiger partial charge in [0.25, 0.3) is 0 Å². The molecule has 0 aromatic carbocycles. The molecule has 0 aliphatic carbocycles. The number of nitrogens with one attached hydrogen (secondary N) is 1. The van der Waals surface area contributed by atoms with Crippen molar-refractivity contribution in [2.45, 2.75) is 90.5 Å². The molecule has 1 unspecified atom stereocenters. The van der Waals surface area contributed by atoms with Crippen LogP contribution in [0.25, 0.3) is 0 Å². The molecule has 1 atom stereocenters. The fraction of sp³-hybridized carbons (Fsp3) is 1.00. The van der Waals surface area contributed by atoms with Crippen molar-refractivity contribution in [2.75, 3.05) is 6.67 Å². The summed E-state index contributed by atoms with van der Waals surface area (Å²) in [5.41, 5.74) is 2.93. The molecule has 1 aliphatic heterocycles. The Hall–Kier alpha value is -0.640. The number of unbranched alkanes of at least 4 members (excludes halogenated alkanes) is 9. The van der Waals surface area contributed by atoms with Crippen LogP contribution >= 0.6 is 0 Å². The molecule has 1 heterocycles. The molecular formula is C15H32N4. The summed E-state index contributed by atoms with van der Waals surface area (Å²) in [5, 5.41) is 9.82. The van der Waals surface area contributed by atoms with E-state index in [-0.39, 0.29) is 0 Å². The minimum atomic E-state index is 0.545. The van der Waals surface area contributed by atoms with Crippen LogP contribution in [0.4, 0.5) is 0 Å². The van der Waals surface area contributed by atoms with Crippen LogP contribution in [0, 0.1) is 0 Å². The first-order valence-corrected chi connectivity index (χ1v) is 8.23. The normalized spacial score (nSPS) is 16.7. The van der Waals surface area contributed by atoms with Gasteiger partial charge in [0.1, 0.15) is 6.67 Å². The third kappa shape index (κ3) is 8.19. The summed E-state index contributed by atoms with van der Waals surface area (Å²) in [6, 6.07) is 0.545. The van der Waals surface area contributed by atoms with Crippen molar-refractivity contribution in [1.82, 2.24) is 10.5 Å². The average Bonchev–Trinajstić information content (AvgIpc) is 2.95. The molecule has 0 saturated carbocycles. The smallest absolute Gasteiger partial charge is 0.133 e. The molecule has 0 fully saturated rings. The van der Waals surface area contributed by atoms with Gasteiger partial charge >= 0.3 is 0 Å². The van der Waals surface area contributed by atoms with Crippen molar-refractivity contribution in [3.05, 3.63) is 0 Å². The van der Waals surface area contributed by atoms with E-state index in [4.69, 9.17) is 0 Å². The van der Waals surface area contributed by atoms with Crippen LogP contribution in [0.2, 0.25) is 0 Å². The molecule has 0 saturated heterocycles. The summed E-state index contributed by atoms with van der Waals surface area (Å²) in [6.45, 7) is 5.23. The molecule has 0 aromatic rings. The Morgan fingerprint density at radius 2 is 1.53 bits per heavy atom. The number of hydrogen-bond donors (Lipinski definition) is 1. The quantitative estimate of drug-likeness (QED) is 0.515. The summed E-state index contributed by atoms with van der Waals surface area (Å²) in [4.78, 5) is 0. The van der Waals surface area contributed by atoms with E-state index in [1.54, 1.807) is 0 Å². The lowest BCUT2D eigenvalue weighted by atomic mass is 10.0. The van der Waals surface area contributed by atoms with Crippen LogP contribution in [-0.2, 0) is 0 Å². The molecule has 4 nitrogen and oxygen atoms in total. The highest BCUT2D eigenvalue weighted by Gasteiger charge is 2.15. The Morgan fingerprint density at radius 1 is 0.947 bits per heavy atom. The highest BCUT2D eigenvalue weighted by molar-refractivity contribution is 4.63. The monoisotopic (exact) mass is 268 g/mol. The Bertz CT molecular complexity index is 222. The number of rotatable bonds is 12. The molecule has 0 spiro atoms. The molecule has 0 aromatic heterocycles. The summed E-state index contributed by atoms with van der Waals surface area (Å²) in [5.74, 6) is 0. The predicted molar refractivity (Wildman–Crippen MR) is 80.6 cm³/mol. The maximum absolute atomic E-state index is 3.92. The first-order chi connectivity index (χ1) is 9.34. The van der Waals surface area contributed by atoms with E-state index in [9.17, 15) is 0 Å². The van der Waals surface area contributed by atoms with Crippen molar-refractivity contribution >= 4 is 0 Å². The predicted octanol–water partition coefficient (Wildman–Crippen LogP) is 4.83. The van der Waals surface area contributed by atoms with Crippen LogP contribution < -0.4 is 5.53 Å². The van der Waals surface area contributed by atoms with Crippen molar-refractivity contribution in [2.24, 2.45) is 10.3 Å². The van der Waals surface area contributed by atoms with Crippen molar-refractivity contribution in [1.29, 1.82) is 0 Å². The molecule has 19 heavy (non-hydrogen) atoms. The van der Waals surface area contributed by atoms with Crippen LogP contribution in [-0.4, -0.2) is 17.7 Å². The summed E-state index contributed by atoms with van der Waals surface area (Å²) < 4.78 is 0. The van der Waals surface area contributed by atoms with Gasteiger partial charge in [-0.15, -0.1) is 0 Å². The fourth-order valence-electron chi connectivity index (χ4n) is 2.54. The molecule has 0 bridgehead atoms. The average molecular weight is 268 g/mol. The summed E-state index contributed by atoms with van der Waals surface area (Å²) in [6.07, 6.45) is 15.3. The van der Waals surface area contributed by atoms with Crippen LogP contribution in [0.15, 0.2) is 10.3 Å². The molecular weight excluding hydrogens is 236 g/mol. The second-order valence-corrected chi connectivity index (χ2v) is 5.77. The Labute approximate surface area is 119 Å². The van der Waals surface area contributed by atoms with Gasteiger partial charge in [-0.3, -0.25) is 0 Å². The van der Waals surface area contributed by atoms with Crippen LogP contribution in [0.1, 0.15) is 84.5 Å². The second kappa shape index (κ2) is 11.2. The number of hydrazine groups is 1. The maximum atomic E-state index is 3.92. The Balaban J connectivity index is 1.78. The van der Waals surface area contributed by atoms with Gasteiger partial charge in [0.15, 0.2) is 0 Å². The van der Waals surface area contributed by atoms with Crippen LogP contribution in [0.5, 0.6) is 0 Å². The highest BCUT2D eigenvalue weighted by Crippen LogP contribution is 2.14. The molecule has 4 heteroatoms. The molecule has 1 aliphatic rings. The van der Waals surface area contributed by atoms with Gasteiger partial charge in [-0.1, -0.05) is 76.4 Å². The number of nitrogens with zero attached hydrogens (tertiary/aromatic N) is 3. The minimum Gasteiger partial charge on any atom is -0.220 e. The van der Waals surface area contributed by atoms with Crippen LogP contribution in [0.3, 0.4) is 0 Å². The molecule has 1 rings (SSSR count). The lowest BCUT2D eigenvalue weighted by Crippen LogP contribution is -2.37. The molecule has 0 amide bonds. The van der Waals surface area contributed by atoms with E-state index in [2.05, 4.69) is 34.7 Å². The molecule has 1 N–H and O–H groups in total. The lowest BCUT2D eigenvalue weighted by Gasteiger charge is -2.20. The SMILES string of the molecule is CCCCCCCCCCCCC(C)N1CN=NN1. The minimum absolute atomic E-state index is 0.545. The van der Waals surface area contributed by atoms with Crippen molar-refractivity contribution < 1.29 is 0 Å². The highest BCUT2D eigenvalue weighted by atomic mass is 15.8. The van der Waals surface area contributed by atoms with Gasteiger partial charge in [-0.25, -0.2) is 5.53 Å². The fourth-order valence-corrected chi connectivity index (χ4v) is 2.54. The van der Waals surface area contributed by atoms with Gasteiger partial charge in [-0.05, 0) is 13.3 Å². The second-order valence-electron chi connectivity index (χ2n) is 5.77. The topological polar surface area (TPSA) is 40.0 Å². The van der Waals surface area contributed by atoms with Crippen molar-refractivity contribution in [3.8, 4) is 0 Å². The zero-order chi connectivity index (χ0) is 13.8. The Kier molecular flexibility index (Phi) is 9.68. The summed E-state index contributed by atoms with van der Waals surface area (Å²) >= 11 is 0. The van der Waals surface area contributed by atoms with Gasteiger partial charge < -0.3 is 0 Å². The first-order valence-electron chi connectivity index (χ1n) is 8.23. The standard InChI is InChI=1S/C15H32N4/c1-3-4-5-6-7-8-9-10-11-12-13-15(2)19-14-16-17-18-19/h15H,3-14H2,1-2H3,(H,16,18). The lowest BCUT2D eigenvalue weighted by molar-refractivity contribution is 0.163. The van der Waals surface area contributed by atoms with E-state index in [1.165, 1.54) is 70.6 Å². The zero-order valence-electron chi connectivity index (χ0n) is 12.9. The largest absolute Gasteiger partial charge is 0.220 e. The third-order valence-electron chi connectivity index (χ3n) is 3.97. The van der Waals surface area contributed by atoms with Gasteiger partial charge in [0.05, 0.1) is 0 Å². The zero-order valence-corrected chi connectivity index (χ0v) is 12.9. The van der Waals surface area contributed by atoms with E-state index >= 15 is 0 Å². The van der Waals surface area contributed by atoms with E-state index < -0.39 is 0 Å². The maximum Gasteiger partial charge on any atom is 0.133 e. The van der Waals surface area contributed by atoms with Gasteiger partial charge in [-0.2, -0.15) is 10.1 Å². The third-order valence-corrected chi connectivity index (χ3v) is 3.97. The van der Waals surface area contributed by atoms with E-state index in [1.807, 2.05) is 0 Å². The van der Waals surface area contributed by atoms with E-state index in [0.717, 1.165) is 0 Å². The van der Waals surface area contributed by atoms with Crippen molar-refractivity contribution in [3.63, 3.8) is 0 Å². The molecule has 112 valence electrons. The summed E-state index contributed by atoms with van der Waals surface area (Å²) in [7, 11) is 0. The van der Waals surface area contributed by atoms with Gasteiger partial charge in [0.2, 0.25) is 0 Å². The van der Waals surface area contributed by atoms with Gasteiger partial charge in [0, 0.05) is 6.04 Å². The van der Waals surface area contributed by atoms with E-state index in [0.29, 0.717) is 12.7 Å².